The monoisotopic (exact) mass is 358 g/mol. The molecule has 0 N–H and O–H groups in total. The first-order valence-electron chi connectivity index (χ1n) is 6.47. The molecule has 1 aromatic carbocycles. The van der Waals surface area contributed by atoms with Crippen molar-refractivity contribution in [1.82, 2.24) is 9.38 Å². The molecule has 0 bridgehead atoms. The van der Waals surface area contributed by atoms with E-state index in [1.165, 1.54) is 10.6 Å². The van der Waals surface area contributed by atoms with Crippen LogP contribution in [-0.2, 0) is 6.18 Å². The highest BCUT2D eigenvalue weighted by molar-refractivity contribution is 7.15. The lowest BCUT2D eigenvalue weighted by Crippen LogP contribution is -2.08. The van der Waals surface area contributed by atoms with Crippen molar-refractivity contribution in [2.75, 3.05) is 0 Å². The lowest BCUT2D eigenvalue weighted by Gasteiger charge is -2.04. The molecule has 0 saturated carbocycles. The van der Waals surface area contributed by atoms with Crippen LogP contribution in [0.2, 0.25) is 0 Å². The van der Waals surface area contributed by atoms with E-state index in [0.29, 0.717) is 6.07 Å². The zero-order valence-electron chi connectivity index (χ0n) is 11.6. The number of benzene rings is 1. The van der Waals surface area contributed by atoms with Crippen LogP contribution in [0, 0.1) is 11.6 Å². The average Bonchev–Trinajstić information content (AvgIpc) is 3.04. The number of nitrogens with zero attached hydrogens (tertiary/aromatic N) is 2. The Labute approximate surface area is 135 Å². The Morgan fingerprint density at radius 2 is 1.83 bits per heavy atom. The van der Waals surface area contributed by atoms with Crippen molar-refractivity contribution in [3.63, 3.8) is 0 Å². The third kappa shape index (κ3) is 3.07. The minimum absolute atomic E-state index is 0.117. The number of fused-ring (bicyclic) bond motifs is 1. The highest BCUT2D eigenvalue weighted by Crippen LogP contribution is 2.33. The van der Waals surface area contributed by atoms with Gasteiger partial charge in [0.2, 0.25) is 0 Å². The van der Waals surface area contributed by atoms with Gasteiger partial charge in [-0.25, -0.2) is 13.8 Å². The third-order valence-electron chi connectivity index (χ3n) is 3.11. The fourth-order valence-corrected chi connectivity index (χ4v) is 2.84. The van der Waals surface area contributed by atoms with Crippen molar-refractivity contribution < 1.29 is 26.7 Å². The van der Waals surface area contributed by atoms with Gasteiger partial charge in [0, 0.05) is 23.2 Å². The fraction of sp³-hybridized carbons (Fsp3) is 0.0667. The number of hydrogen-bond acceptors (Lipinski definition) is 3. The van der Waals surface area contributed by atoms with E-state index >= 15 is 0 Å². The second-order valence-electron chi connectivity index (χ2n) is 4.75. The number of carbonyl (C=O) groups is 1. The molecule has 3 rings (SSSR count). The Morgan fingerprint density at radius 1 is 1.17 bits per heavy atom. The second kappa shape index (κ2) is 5.82. The van der Waals surface area contributed by atoms with Gasteiger partial charge < -0.3 is 0 Å². The first-order valence-corrected chi connectivity index (χ1v) is 7.35. The van der Waals surface area contributed by atoms with E-state index < -0.39 is 29.3 Å². The van der Waals surface area contributed by atoms with Crippen molar-refractivity contribution in [2.24, 2.45) is 0 Å². The van der Waals surface area contributed by atoms with Crippen molar-refractivity contribution >= 4 is 28.2 Å². The van der Waals surface area contributed by atoms with E-state index in [1.54, 1.807) is 5.38 Å². The summed E-state index contributed by atoms with van der Waals surface area (Å²) in [7, 11) is 0. The molecule has 0 aliphatic carbocycles. The van der Waals surface area contributed by atoms with Gasteiger partial charge in [0.15, 0.2) is 16.4 Å². The first-order chi connectivity index (χ1) is 11.3. The number of hydrogen-bond donors (Lipinski definition) is 0. The van der Waals surface area contributed by atoms with E-state index in [2.05, 4.69) is 4.98 Å². The summed E-state index contributed by atoms with van der Waals surface area (Å²) < 4.78 is 66.5. The van der Waals surface area contributed by atoms with E-state index in [0.717, 1.165) is 35.6 Å². The summed E-state index contributed by atoms with van der Waals surface area (Å²) in [6.45, 7) is 0. The molecular weight excluding hydrogens is 351 g/mol. The topological polar surface area (TPSA) is 34.4 Å². The smallest absolute Gasteiger partial charge is 0.290 e. The normalized spacial score (nSPS) is 12.4. The zero-order chi connectivity index (χ0) is 17.5. The predicted octanol–water partition coefficient (Wildman–Crippen LogP) is 4.59. The quantitative estimate of drug-likeness (QED) is 0.390. The molecule has 0 saturated heterocycles. The number of thiazole rings is 1. The molecule has 0 aliphatic rings. The first kappa shape index (κ1) is 16.3. The van der Waals surface area contributed by atoms with Gasteiger partial charge in [-0.3, -0.25) is 9.20 Å². The van der Waals surface area contributed by atoms with Crippen LogP contribution >= 0.6 is 11.3 Å². The molecule has 0 fully saturated rings. The van der Waals surface area contributed by atoms with Crippen molar-refractivity contribution in [3.8, 4) is 0 Å². The number of alkyl halides is 3. The van der Waals surface area contributed by atoms with Gasteiger partial charge in [-0.05, 0) is 24.3 Å². The van der Waals surface area contributed by atoms with Crippen LogP contribution < -0.4 is 0 Å². The number of halogens is 5. The molecule has 2 heterocycles. The predicted molar refractivity (Wildman–Crippen MR) is 77.8 cm³/mol. The molecule has 0 unspecified atom stereocenters. The van der Waals surface area contributed by atoms with Crippen LogP contribution in [0.15, 0.2) is 35.9 Å². The molecule has 9 heteroatoms. The fourth-order valence-electron chi connectivity index (χ4n) is 2.12. The molecule has 0 atom stereocenters. The maximum atomic E-state index is 13.1. The van der Waals surface area contributed by atoms with Crippen molar-refractivity contribution in [3.05, 3.63) is 64.4 Å². The SMILES string of the molecule is O=C(C=Cc1c(C(F)(F)F)nc2sccn12)c1cc(F)cc(F)c1. The van der Waals surface area contributed by atoms with Crippen LogP contribution in [0.4, 0.5) is 22.0 Å². The summed E-state index contributed by atoms with van der Waals surface area (Å²) in [5.74, 6) is -2.73. The second-order valence-corrected chi connectivity index (χ2v) is 5.63. The molecule has 2 aromatic heterocycles. The van der Waals surface area contributed by atoms with Gasteiger partial charge in [0.05, 0.1) is 5.69 Å². The summed E-state index contributed by atoms with van der Waals surface area (Å²) in [6, 6.07) is 2.20. The lowest BCUT2D eigenvalue weighted by molar-refractivity contribution is -0.140. The molecule has 3 aromatic rings. The largest absolute Gasteiger partial charge is 0.435 e. The standard InChI is InChI=1S/C15H7F5N2OS/c16-9-5-8(6-10(17)7-9)12(23)2-1-11-13(15(18,19)20)21-14-22(11)3-4-24-14/h1-7H. The van der Waals surface area contributed by atoms with E-state index in [1.807, 2.05) is 0 Å². The molecule has 0 amide bonds. The number of carbonyl (C=O) groups excluding carboxylic acids is 1. The van der Waals surface area contributed by atoms with Gasteiger partial charge in [-0.15, -0.1) is 11.3 Å². The number of aromatic nitrogens is 2. The van der Waals surface area contributed by atoms with Crippen LogP contribution in [0.3, 0.4) is 0 Å². The number of imidazole rings is 1. The van der Waals surface area contributed by atoms with Gasteiger partial charge in [-0.1, -0.05) is 0 Å². The van der Waals surface area contributed by atoms with Gasteiger partial charge >= 0.3 is 6.18 Å². The Kier molecular flexibility index (Phi) is 3.96. The van der Waals surface area contributed by atoms with Crippen LogP contribution in [0.25, 0.3) is 11.0 Å². The molecule has 0 radical (unpaired) electrons. The van der Waals surface area contributed by atoms with Crippen molar-refractivity contribution in [1.29, 1.82) is 0 Å². The van der Waals surface area contributed by atoms with Gasteiger partial charge in [-0.2, -0.15) is 13.2 Å². The summed E-state index contributed by atoms with van der Waals surface area (Å²) in [6.07, 6.45) is -1.56. The molecule has 0 spiro atoms. The highest BCUT2D eigenvalue weighted by atomic mass is 32.1. The van der Waals surface area contributed by atoms with E-state index in [4.69, 9.17) is 0 Å². The maximum absolute atomic E-state index is 13.1. The minimum Gasteiger partial charge on any atom is -0.290 e. The Morgan fingerprint density at radius 3 is 2.46 bits per heavy atom. The molecule has 0 aliphatic heterocycles. The molecule has 3 nitrogen and oxygen atoms in total. The van der Waals surface area contributed by atoms with E-state index in [9.17, 15) is 26.7 Å². The summed E-state index contributed by atoms with van der Waals surface area (Å²) in [5.41, 5.74) is -1.77. The Hall–Kier alpha value is -2.55. The average molecular weight is 358 g/mol. The molecular formula is C15H7F5N2OS. The highest BCUT2D eigenvalue weighted by Gasteiger charge is 2.37. The Balaban J connectivity index is 2.01. The lowest BCUT2D eigenvalue weighted by atomic mass is 10.1. The minimum atomic E-state index is -4.70. The number of ketones is 1. The Bertz CT molecular complexity index is 934. The van der Waals surface area contributed by atoms with Gasteiger partial charge in [0.25, 0.3) is 0 Å². The third-order valence-corrected chi connectivity index (χ3v) is 3.86. The molecule has 24 heavy (non-hydrogen) atoms. The van der Waals surface area contributed by atoms with Gasteiger partial charge in [0.1, 0.15) is 11.6 Å². The van der Waals surface area contributed by atoms with E-state index in [-0.39, 0.29) is 16.2 Å². The zero-order valence-corrected chi connectivity index (χ0v) is 12.5. The summed E-state index contributed by atoms with van der Waals surface area (Å²) in [5, 5.41) is 1.55. The molecule has 124 valence electrons. The number of rotatable bonds is 3. The van der Waals surface area contributed by atoms with Crippen LogP contribution in [0.1, 0.15) is 21.7 Å². The van der Waals surface area contributed by atoms with Crippen molar-refractivity contribution in [2.45, 2.75) is 6.18 Å². The van der Waals surface area contributed by atoms with Crippen LogP contribution in [-0.4, -0.2) is 15.2 Å². The van der Waals surface area contributed by atoms with Crippen LogP contribution in [0.5, 0.6) is 0 Å². The summed E-state index contributed by atoms with van der Waals surface area (Å²) >= 11 is 1.01. The maximum Gasteiger partial charge on any atom is 0.435 e. The summed E-state index contributed by atoms with van der Waals surface area (Å²) in [4.78, 5) is 15.6. The number of allylic oxidation sites excluding steroid dienone is 1.